The summed E-state index contributed by atoms with van der Waals surface area (Å²) in [7, 11) is 0. The van der Waals surface area contributed by atoms with Crippen LogP contribution in [0.3, 0.4) is 0 Å². The average molecular weight is 194 g/mol. The highest BCUT2D eigenvalue weighted by Crippen LogP contribution is 2.16. The Bertz CT molecular complexity index is 246. The smallest absolute Gasteiger partial charge is 0.0416 e. The lowest BCUT2D eigenvalue weighted by Crippen LogP contribution is -2.41. The highest BCUT2D eigenvalue weighted by molar-refractivity contribution is 8.00. The van der Waals surface area contributed by atoms with Crippen LogP contribution >= 0.6 is 11.8 Å². The Kier molecular flexibility index (Phi) is 3.22. The first-order valence-corrected chi connectivity index (χ1v) is 5.81. The molecule has 0 aliphatic carbocycles. The maximum absolute atomic E-state index is 4.27. The van der Waals surface area contributed by atoms with Gasteiger partial charge in [-0.1, -0.05) is 6.07 Å². The largest absolute Gasteiger partial charge is 0.312 e. The third-order valence-electron chi connectivity index (χ3n) is 2.18. The minimum atomic E-state index is 0.758. The Morgan fingerprint density at radius 3 is 3.00 bits per heavy atom. The van der Waals surface area contributed by atoms with E-state index in [9.17, 15) is 0 Å². The predicted molar refractivity (Wildman–Crippen MR) is 57.1 cm³/mol. The molecular weight excluding hydrogens is 180 g/mol. The number of nitrogens with zero attached hydrogens (tertiary/aromatic N) is 1. The van der Waals surface area contributed by atoms with Gasteiger partial charge in [0.2, 0.25) is 0 Å². The second-order valence-electron chi connectivity index (χ2n) is 3.26. The number of rotatable bonds is 4. The molecule has 2 rings (SSSR count). The van der Waals surface area contributed by atoms with Gasteiger partial charge in [0.15, 0.2) is 0 Å². The predicted octanol–water partition coefficient (Wildman–Crippen LogP) is 1.33. The minimum Gasteiger partial charge on any atom is -0.312 e. The zero-order chi connectivity index (χ0) is 8.93. The van der Waals surface area contributed by atoms with Gasteiger partial charge in [-0.25, -0.2) is 0 Å². The molecule has 1 aromatic heterocycles. The Morgan fingerprint density at radius 1 is 1.46 bits per heavy atom. The minimum absolute atomic E-state index is 0.758. The third-order valence-corrected chi connectivity index (χ3v) is 3.45. The van der Waals surface area contributed by atoms with Crippen LogP contribution in [0.15, 0.2) is 24.4 Å². The van der Waals surface area contributed by atoms with Gasteiger partial charge in [0.05, 0.1) is 0 Å². The molecule has 1 fully saturated rings. The molecule has 13 heavy (non-hydrogen) atoms. The summed E-state index contributed by atoms with van der Waals surface area (Å²) in [5, 5.41) is 3.51. The molecule has 0 radical (unpaired) electrons. The molecule has 0 aromatic carbocycles. The van der Waals surface area contributed by atoms with E-state index in [1.807, 2.05) is 30.1 Å². The van der Waals surface area contributed by atoms with Gasteiger partial charge in [0.1, 0.15) is 0 Å². The van der Waals surface area contributed by atoms with Crippen LogP contribution in [0.4, 0.5) is 0 Å². The Hall–Kier alpha value is -0.540. The lowest BCUT2D eigenvalue weighted by molar-refractivity contribution is 0.582. The van der Waals surface area contributed by atoms with E-state index in [1.54, 1.807) is 0 Å². The van der Waals surface area contributed by atoms with Crippen molar-refractivity contribution >= 4 is 11.8 Å². The second-order valence-corrected chi connectivity index (χ2v) is 4.33. The van der Waals surface area contributed by atoms with Crippen molar-refractivity contribution in [2.45, 2.75) is 12.5 Å². The first kappa shape index (κ1) is 9.03. The van der Waals surface area contributed by atoms with E-state index in [4.69, 9.17) is 0 Å². The van der Waals surface area contributed by atoms with Crippen LogP contribution in [0, 0.1) is 0 Å². The molecule has 1 N–H and O–H groups in total. The van der Waals surface area contributed by atoms with Crippen LogP contribution in [-0.2, 0) is 6.42 Å². The molecule has 1 aliphatic heterocycles. The fraction of sp³-hybridized carbons (Fsp3) is 0.500. The van der Waals surface area contributed by atoms with Crippen LogP contribution in [0.1, 0.15) is 5.69 Å². The number of nitrogens with one attached hydrogen (secondary N) is 1. The Balaban J connectivity index is 1.67. The van der Waals surface area contributed by atoms with Crippen LogP contribution < -0.4 is 5.32 Å². The standard InChI is InChI=1S/C10H14N2S/c1-2-5-11-9(3-1)4-6-12-10-7-13-8-10/h1-3,5,10,12H,4,6-8H2. The summed E-state index contributed by atoms with van der Waals surface area (Å²) >= 11 is 2.01. The monoisotopic (exact) mass is 194 g/mol. The average Bonchev–Trinajstić information content (AvgIpc) is 2.11. The van der Waals surface area contributed by atoms with Crippen molar-refractivity contribution in [2.24, 2.45) is 0 Å². The molecule has 1 aliphatic rings. The lowest BCUT2D eigenvalue weighted by atomic mass is 10.2. The molecule has 1 aromatic rings. The van der Waals surface area contributed by atoms with Gasteiger partial charge in [-0.2, -0.15) is 11.8 Å². The summed E-state index contributed by atoms with van der Waals surface area (Å²) in [5.74, 6) is 2.56. The van der Waals surface area contributed by atoms with E-state index in [-0.39, 0.29) is 0 Å². The van der Waals surface area contributed by atoms with E-state index >= 15 is 0 Å². The van der Waals surface area contributed by atoms with Crippen LogP contribution in [0.25, 0.3) is 0 Å². The summed E-state index contributed by atoms with van der Waals surface area (Å²) in [6.07, 6.45) is 2.90. The van der Waals surface area contributed by atoms with Crippen molar-refractivity contribution < 1.29 is 0 Å². The number of thioether (sulfide) groups is 1. The maximum Gasteiger partial charge on any atom is 0.0416 e. The number of pyridine rings is 1. The second kappa shape index (κ2) is 4.63. The molecule has 0 atom stereocenters. The van der Waals surface area contributed by atoms with Crippen molar-refractivity contribution in [3.8, 4) is 0 Å². The molecule has 1 saturated heterocycles. The molecule has 0 bridgehead atoms. The normalized spacial score (nSPS) is 16.9. The fourth-order valence-electron chi connectivity index (χ4n) is 1.30. The summed E-state index contributed by atoms with van der Waals surface area (Å²) in [5.41, 5.74) is 1.18. The summed E-state index contributed by atoms with van der Waals surface area (Å²) < 4.78 is 0. The van der Waals surface area contributed by atoms with E-state index < -0.39 is 0 Å². The molecule has 0 unspecified atom stereocenters. The highest BCUT2D eigenvalue weighted by atomic mass is 32.2. The van der Waals surface area contributed by atoms with Gasteiger partial charge in [-0.15, -0.1) is 0 Å². The number of hydrogen-bond acceptors (Lipinski definition) is 3. The van der Waals surface area contributed by atoms with Crippen LogP contribution in [0.5, 0.6) is 0 Å². The molecule has 0 spiro atoms. The summed E-state index contributed by atoms with van der Waals surface area (Å²) in [6.45, 7) is 1.06. The van der Waals surface area contributed by atoms with Crippen molar-refractivity contribution in [3.63, 3.8) is 0 Å². The van der Waals surface area contributed by atoms with Gasteiger partial charge < -0.3 is 5.32 Å². The molecule has 3 heteroatoms. The van der Waals surface area contributed by atoms with Crippen LogP contribution in [-0.4, -0.2) is 29.1 Å². The summed E-state index contributed by atoms with van der Waals surface area (Å²) in [6, 6.07) is 6.84. The Labute approximate surface area is 83.1 Å². The Morgan fingerprint density at radius 2 is 2.38 bits per heavy atom. The van der Waals surface area contributed by atoms with Crippen molar-refractivity contribution in [1.29, 1.82) is 0 Å². The number of hydrogen-bond donors (Lipinski definition) is 1. The maximum atomic E-state index is 4.27. The van der Waals surface area contributed by atoms with Crippen LogP contribution in [0.2, 0.25) is 0 Å². The summed E-state index contributed by atoms with van der Waals surface area (Å²) in [4.78, 5) is 4.27. The van der Waals surface area contributed by atoms with Crippen molar-refractivity contribution in [1.82, 2.24) is 10.3 Å². The molecule has 2 nitrogen and oxygen atoms in total. The van der Waals surface area contributed by atoms with Gasteiger partial charge in [-0.3, -0.25) is 4.98 Å². The zero-order valence-corrected chi connectivity index (χ0v) is 8.39. The number of aromatic nitrogens is 1. The van der Waals surface area contributed by atoms with Gasteiger partial charge in [0.25, 0.3) is 0 Å². The van der Waals surface area contributed by atoms with Gasteiger partial charge in [-0.05, 0) is 12.1 Å². The van der Waals surface area contributed by atoms with Crippen molar-refractivity contribution in [3.05, 3.63) is 30.1 Å². The third kappa shape index (κ3) is 2.71. The van der Waals surface area contributed by atoms with Gasteiger partial charge >= 0.3 is 0 Å². The zero-order valence-electron chi connectivity index (χ0n) is 7.57. The molecule has 0 saturated carbocycles. The van der Waals surface area contributed by atoms with E-state index in [0.29, 0.717) is 0 Å². The van der Waals surface area contributed by atoms with E-state index in [2.05, 4.69) is 16.4 Å². The van der Waals surface area contributed by atoms with Crippen molar-refractivity contribution in [2.75, 3.05) is 18.1 Å². The molecule has 2 heterocycles. The topological polar surface area (TPSA) is 24.9 Å². The van der Waals surface area contributed by atoms with E-state index in [0.717, 1.165) is 19.0 Å². The van der Waals surface area contributed by atoms with Gasteiger partial charge in [0, 0.05) is 42.4 Å². The quantitative estimate of drug-likeness (QED) is 0.782. The lowest BCUT2D eigenvalue weighted by Gasteiger charge is -2.25. The fourth-order valence-corrected chi connectivity index (χ4v) is 2.01. The highest BCUT2D eigenvalue weighted by Gasteiger charge is 2.16. The molecule has 70 valence electrons. The first-order chi connectivity index (χ1) is 6.45. The first-order valence-electron chi connectivity index (χ1n) is 4.66. The van der Waals surface area contributed by atoms with E-state index in [1.165, 1.54) is 17.2 Å². The molecular formula is C10H14N2S. The molecule has 0 amide bonds. The SMILES string of the molecule is c1ccc(CCNC2CSC2)nc1.